The van der Waals surface area contributed by atoms with Gasteiger partial charge in [-0.1, -0.05) is 12.1 Å². The number of carboxylic acids is 1. The maximum Gasteiger partial charge on any atom is 0.393 e. The summed E-state index contributed by atoms with van der Waals surface area (Å²) in [7, 11) is 0. The Hall–Kier alpha value is -0.830. The molecule has 1 aromatic carbocycles. The van der Waals surface area contributed by atoms with Crippen LogP contribution in [0.2, 0.25) is 0 Å². The molecule has 3 nitrogen and oxygen atoms in total. The molecule has 110 valence electrons. The number of alkyl halides is 3. The van der Waals surface area contributed by atoms with Gasteiger partial charge in [0.2, 0.25) is 0 Å². The lowest BCUT2D eigenvalue weighted by molar-refractivity contribution is -0.188. The lowest BCUT2D eigenvalue weighted by Crippen LogP contribution is -2.33. The summed E-state index contributed by atoms with van der Waals surface area (Å²) in [6, 6.07) is 7.45. The van der Waals surface area contributed by atoms with E-state index in [1.807, 2.05) is 24.3 Å². The minimum absolute atomic E-state index is 0.0640. The van der Waals surface area contributed by atoms with Crippen molar-refractivity contribution in [2.24, 2.45) is 11.8 Å². The van der Waals surface area contributed by atoms with E-state index in [1.165, 1.54) is 0 Å². The summed E-state index contributed by atoms with van der Waals surface area (Å²) < 4.78 is 39.6. The highest BCUT2D eigenvalue weighted by atomic mass is 127. The van der Waals surface area contributed by atoms with Crippen LogP contribution in [-0.4, -0.2) is 35.2 Å². The van der Waals surface area contributed by atoms with Gasteiger partial charge in [0.05, 0.1) is 11.8 Å². The van der Waals surface area contributed by atoms with Gasteiger partial charge in [-0.05, 0) is 40.3 Å². The van der Waals surface area contributed by atoms with Crippen LogP contribution in [0.15, 0.2) is 24.3 Å². The average Bonchev–Trinajstić information content (AvgIpc) is 2.76. The van der Waals surface area contributed by atoms with E-state index in [0.717, 1.165) is 9.13 Å². The molecule has 0 spiro atoms. The molecule has 0 aromatic heterocycles. The van der Waals surface area contributed by atoms with Gasteiger partial charge in [-0.25, -0.2) is 0 Å². The molecule has 1 aliphatic rings. The Bertz CT molecular complexity index is 489. The normalized spacial score (nSPS) is 24.0. The molecule has 2 rings (SSSR count). The lowest BCUT2D eigenvalue weighted by Gasteiger charge is -2.18. The number of benzene rings is 1. The van der Waals surface area contributed by atoms with E-state index in [0.29, 0.717) is 6.54 Å². The molecule has 0 aliphatic carbocycles. The Balaban J connectivity index is 2.08. The molecule has 20 heavy (non-hydrogen) atoms. The average molecular weight is 399 g/mol. The van der Waals surface area contributed by atoms with Gasteiger partial charge in [-0.2, -0.15) is 13.2 Å². The fraction of sp³-hybridized carbons (Fsp3) is 0.462. The Morgan fingerprint density at radius 2 is 1.90 bits per heavy atom. The van der Waals surface area contributed by atoms with Gasteiger partial charge in [-0.3, -0.25) is 9.69 Å². The number of hydrogen-bond donors (Lipinski definition) is 1. The standard InChI is InChI=1S/C13H13F3INO2/c14-13(15,16)11-7-18(6-10(11)12(19)20)5-8-1-3-9(17)4-2-8/h1-4,10-11H,5-7H2,(H,19,20)/t10-,11-/m1/s1. The summed E-state index contributed by atoms with van der Waals surface area (Å²) in [5.74, 6) is -4.54. The Kier molecular flexibility index (Phi) is 4.58. The summed E-state index contributed by atoms with van der Waals surface area (Å²) >= 11 is 2.15. The summed E-state index contributed by atoms with van der Waals surface area (Å²) in [6.45, 7) is 0.0191. The number of hydrogen-bond acceptors (Lipinski definition) is 2. The Labute approximate surface area is 127 Å². The first-order chi connectivity index (χ1) is 9.27. The third-order valence-corrected chi connectivity index (χ3v) is 4.17. The van der Waals surface area contributed by atoms with Crippen molar-refractivity contribution in [3.8, 4) is 0 Å². The SMILES string of the molecule is O=C(O)[C@@H]1CN(Cc2ccc(I)cc2)C[C@H]1C(F)(F)F. The van der Waals surface area contributed by atoms with Crippen LogP contribution in [0.25, 0.3) is 0 Å². The zero-order chi connectivity index (χ0) is 14.9. The molecule has 1 saturated heterocycles. The number of likely N-dealkylation sites (tertiary alicyclic amines) is 1. The van der Waals surface area contributed by atoms with Gasteiger partial charge in [0.15, 0.2) is 0 Å². The van der Waals surface area contributed by atoms with Crippen molar-refractivity contribution in [3.05, 3.63) is 33.4 Å². The Morgan fingerprint density at radius 3 is 2.35 bits per heavy atom. The summed E-state index contributed by atoms with van der Waals surface area (Å²) in [5, 5.41) is 8.94. The fourth-order valence-electron chi connectivity index (χ4n) is 2.44. The van der Waals surface area contributed by atoms with Gasteiger partial charge >= 0.3 is 12.1 Å². The van der Waals surface area contributed by atoms with E-state index in [4.69, 9.17) is 5.11 Å². The number of carboxylic acid groups (broad SMARTS) is 1. The third kappa shape index (κ3) is 3.63. The molecule has 1 aromatic rings. The predicted octanol–water partition coefficient (Wildman–Crippen LogP) is 2.99. The van der Waals surface area contributed by atoms with E-state index in [9.17, 15) is 18.0 Å². The van der Waals surface area contributed by atoms with Crippen molar-refractivity contribution in [2.45, 2.75) is 12.7 Å². The van der Waals surface area contributed by atoms with Crippen LogP contribution in [0, 0.1) is 15.4 Å². The molecule has 1 N–H and O–H groups in total. The second-order valence-corrected chi connectivity index (χ2v) is 6.16. The first-order valence-electron chi connectivity index (χ1n) is 6.03. The van der Waals surface area contributed by atoms with E-state index in [2.05, 4.69) is 22.6 Å². The van der Waals surface area contributed by atoms with E-state index in [1.54, 1.807) is 4.90 Å². The quantitative estimate of drug-likeness (QED) is 0.795. The minimum atomic E-state index is -4.47. The van der Waals surface area contributed by atoms with Crippen LogP contribution in [0.4, 0.5) is 13.2 Å². The van der Waals surface area contributed by atoms with E-state index >= 15 is 0 Å². The maximum atomic E-state index is 12.8. The summed E-state index contributed by atoms with van der Waals surface area (Å²) in [6.07, 6.45) is -4.47. The van der Waals surface area contributed by atoms with Crippen LogP contribution in [0.1, 0.15) is 5.56 Å². The van der Waals surface area contributed by atoms with Gasteiger partial charge < -0.3 is 5.11 Å². The second kappa shape index (κ2) is 5.88. The predicted molar refractivity (Wildman–Crippen MR) is 75.1 cm³/mol. The molecule has 0 radical (unpaired) electrons. The number of carbonyl (C=O) groups is 1. The molecular weight excluding hydrogens is 386 g/mol. The smallest absolute Gasteiger partial charge is 0.393 e. The fourth-order valence-corrected chi connectivity index (χ4v) is 2.80. The summed E-state index contributed by atoms with van der Waals surface area (Å²) in [5.41, 5.74) is 0.886. The zero-order valence-electron chi connectivity index (χ0n) is 10.4. The summed E-state index contributed by atoms with van der Waals surface area (Å²) in [4.78, 5) is 12.5. The monoisotopic (exact) mass is 399 g/mol. The minimum Gasteiger partial charge on any atom is -0.481 e. The first-order valence-corrected chi connectivity index (χ1v) is 7.11. The molecular formula is C13H13F3INO2. The van der Waals surface area contributed by atoms with Gasteiger partial charge in [-0.15, -0.1) is 0 Å². The van der Waals surface area contributed by atoms with Crippen LogP contribution >= 0.6 is 22.6 Å². The zero-order valence-corrected chi connectivity index (χ0v) is 12.6. The Morgan fingerprint density at radius 1 is 1.30 bits per heavy atom. The van der Waals surface area contributed by atoms with Crippen LogP contribution in [0.3, 0.4) is 0 Å². The van der Waals surface area contributed by atoms with Crippen molar-refractivity contribution in [1.82, 2.24) is 4.90 Å². The van der Waals surface area contributed by atoms with Crippen molar-refractivity contribution < 1.29 is 23.1 Å². The molecule has 0 bridgehead atoms. The largest absolute Gasteiger partial charge is 0.481 e. The van der Waals surface area contributed by atoms with Crippen LogP contribution in [0.5, 0.6) is 0 Å². The van der Waals surface area contributed by atoms with E-state index < -0.39 is 24.0 Å². The molecule has 2 atom stereocenters. The maximum absolute atomic E-state index is 12.8. The lowest BCUT2D eigenvalue weighted by atomic mass is 9.96. The topological polar surface area (TPSA) is 40.5 Å². The van der Waals surface area contributed by atoms with Crippen molar-refractivity contribution >= 4 is 28.6 Å². The second-order valence-electron chi connectivity index (χ2n) is 4.91. The molecule has 1 heterocycles. The van der Waals surface area contributed by atoms with Crippen molar-refractivity contribution in [1.29, 1.82) is 0 Å². The van der Waals surface area contributed by atoms with Crippen LogP contribution in [-0.2, 0) is 11.3 Å². The molecule has 7 heteroatoms. The number of aliphatic carboxylic acids is 1. The van der Waals surface area contributed by atoms with Crippen molar-refractivity contribution in [2.75, 3.05) is 13.1 Å². The number of halogens is 4. The molecule has 1 aliphatic heterocycles. The van der Waals surface area contributed by atoms with Gasteiger partial charge in [0.25, 0.3) is 0 Å². The van der Waals surface area contributed by atoms with Crippen molar-refractivity contribution in [3.63, 3.8) is 0 Å². The first kappa shape index (κ1) is 15.6. The molecule has 0 amide bonds. The number of nitrogens with zero attached hydrogens (tertiary/aromatic N) is 1. The van der Waals surface area contributed by atoms with Gasteiger partial charge in [0, 0.05) is 23.2 Å². The molecule has 0 saturated carbocycles. The highest BCUT2D eigenvalue weighted by molar-refractivity contribution is 14.1. The van der Waals surface area contributed by atoms with E-state index in [-0.39, 0.29) is 13.1 Å². The molecule has 1 fully saturated rings. The van der Waals surface area contributed by atoms with Crippen LogP contribution < -0.4 is 0 Å². The highest BCUT2D eigenvalue weighted by Gasteiger charge is 2.52. The van der Waals surface area contributed by atoms with Gasteiger partial charge in [0.1, 0.15) is 0 Å². The third-order valence-electron chi connectivity index (χ3n) is 3.45. The molecule has 0 unspecified atom stereocenters. The number of rotatable bonds is 3. The highest BCUT2D eigenvalue weighted by Crippen LogP contribution is 2.38.